The molecule has 0 fully saturated rings. The molecule has 8 heteroatoms. The predicted molar refractivity (Wildman–Crippen MR) is 24.8 cm³/mol. The fourth-order valence-corrected chi connectivity index (χ4v) is 0. The van der Waals surface area contributed by atoms with Gasteiger partial charge in [-0.25, -0.2) is 0 Å². The molecular weight excluding hydrogens is 512 g/mol. The standard InChI is InChI=1S/3O.3S.2W. The van der Waals surface area contributed by atoms with E-state index in [1.165, 1.54) is 0 Å². The Morgan fingerprint density at radius 1 is 0.875 bits per heavy atom. The van der Waals surface area contributed by atoms with Crippen LogP contribution >= 0.6 is 29.5 Å². The molecule has 0 radical (unpaired) electrons. The minimum absolute atomic E-state index is 1.78. The topological polar surface area (TPSA) is 51.2 Å². The zero-order chi connectivity index (χ0) is 7.15. The Balaban J connectivity index is 0. The van der Waals surface area contributed by atoms with E-state index in [2.05, 4.69) is 29.5 Å². The molecule has 0 heterocycles. The van der Waals surface area contributed by atoms with Crippen molar-refractivity contribution in [2.24, 2.45) is 0 Å². The van der Waals surface area contributed by atoms with Crippen LogP contribution in [-0.2, 0) is 39.2 Å². The average Bonchev–Trinajstić information content (AvgIpc) is 1.25. The first-order chi connectivity index (χ1) is 3.46. The maximum absolute atomic E-state index is 8.61. The van der Waals surface area contributed by atoms with Gasteiger partial charge < -0.3 is 0 Å². The van der Waals surface area contributed by atoms with Crippen molar-refractivity contribution in [1.82, 2.24) is 0 Å². The summed E-state index contributed by atoms with van der Waals surface area (Å²) in [5.41, 5.74) is 0. The van der Waals surface area contributed by atoms with Crippen LogP contribution < -0.4 is 0 Å². The van der Waals surface area contributed by atoms with E-state index >= 15 is 0 Å². The molecule has 0 aromatic heterocycles. The van der Waals surface area contributed by atoms with Crippen molar-refractivity contribution in [3.63, 3.8) is 0 Å². The second-order valence-corrected chi connectivity index (χ2v) is 16.7. The molecule has 0 saturated carbocycles. The first kappa shape index (κ1) is 12.1. The van der Waals surface area contributed by atoms with Gasteiger partial charge in [0.1, 0.15) is 0 Å². The van der Waals surface area contributed by atoms with Crippen LogP contribution in [-0.4, -0.2) is 0 Å². The van der Waals surface area contributed by atoms with Gasteiger partial charge in [-0.1, -0.05) is 0 Å². The van der Waals surface area contributed by atoms with Gasteiger partial charge >= 0.3 is 68.7 Å². The summed E-state index contributed by atoms with van der Waals surface area (Å²) in [7, 11) is 13.3. The van der Waals surface area contributed by atoms with Gasteiger partial charge in [0.25, 0.3) is 0 Å². The van der Waals surface area contributed by atoms with Crippen LogP contribution in [0.15, 0.2) is 0 Å². The molecule has 3 nitrogen and oxygen atoms in total. The van der Waals surface area contributed by atoms with E-state index in [1.54, 1.807) is 0 Å². The summed E-state index contributed by atoms with van der Waals surface area (Å²) in [5.74, 6) is 0. The Labute approximate surface area is 67.8 Å². The third-order valence-electron chi connectivity index (χ3n) is 0. The van der Waals surface area contributed by atoms with Crippen molar-refractivity contribution < 1.29 is 39.2 Å². The molecule has 0 atom stereocenters. The zero-order valence-electron chi connectivity index (χ0n) is 3.27. The maximum atomic E-state index is 8.61. The molecule has 0 amide bonds. The van der Waals surface area contributed by atoms with Crippen molar-refractivity contribution in [1.29, 1.82) is 0 Å². The molecule has 48 valence electrons. The van der Waals surface area contributed by atoms with E-state index in [4.69, 9.17) is 10.2 Å². The second kappa shape index (κ2) is 8.44. The summed E-state index contributed by atoms with van der Waals surface area (Å²) in [6, 6.07) is 0. The Hall–Kier alpha value is 1.44. The third kappa shape index (κ3) is 149. The SMILES string of the molecule is [O]=[W](=[O])=[O].[S]=[W](=[S])=[S]. The van der Waals surface area contributed by atoms with Crippen LogP contribution in [0, 0.1) is 0 Å². The first-order valence-electron chi connectivity index (χ1n) is 1.00. The Morgan fingerprint density at radius 3 is 0.875 bits per heavy atom. The number of hydrogen-bond acceptors (Lipinski definition) is 6. The van der Waals surface area contributed by atoms with Crippen LogP contribution in [0.25, 0.3) is 0 Å². The van der Waals surface area contributed by atoms with Crippen molar-refractivity contribution in [2.45, 2.75) is 0 Å². The Kier molecular flexibility index (Phi) is 12.8. The van der Waals surface area contributed by atoms with Gasteiger partial charge in [-0.15, -0.1) is 0 Å². The second-order valence-electron chi connectivity index (χ2n) is 0.408. The average molecular weight is 512 g/mol. The van der Waals surface area contributed by atoms with Crippen molar-refractivity contribution >= 4 is 29.5 Å². The molecule has 0 unspecified atom stereocenters. The van der Waals surface area contributed by atoms with Crippen molar-refractivity contribution in [2.75, 3.05) is 0 Å². The van der Waals surface area contributed by atoms with E-state index in [0.29, 0.717) is 0 Å². The van der Waals surface area contributed by atoms with E-state index < -0.39 is 29.1 Å². The first-order valence-corrected chi connectivity index (χ1v) is 16.4. The van der Waals surface area contributed by atoms with Crippen LogP contribution in [0.5, 0.6) is 0 Å². The summed E-state index contributed by atoms with van der Waals surface area (Å²) in [4.78, 5) is 0. The molecule has 0 N–H and O–H groups in total. The predicted octanol–water partition coefficient (Wildman–Crippen LogP) is 1.58. The van der Waals surface area contributed by atoms with Crippen LogP contribution in [0.1, 0.15) is 0 Å². The van der Waals surface area contributed by atoms with E-state index in [-0.39, 0.29) is 0 Å². The monoisotopic (exact) mass is 512 g/mol. The molecule has 0 aliphatic carbocycles. The van der Waals surface area contributed by atoms with Gasteiger partial charge in [-0.05, 0) is 0 Å². The molecule has 0 aliphatic heterocycles. The van der Waals surface area contributed by atoms with Gasteiger partial charge in [-0.2, -0.15) is 0 Å². The molecule has 8 heavy (non-hydrogen) atoms. The van der Waals surface area contributed by atoms with Crippen LogP contribution in [0.2, 0.25) is 0 Å². The zero-order valence-corrected chi connectivity index (χ0v) is 11.6. The number of rotatable bonds is 0. The van der Waals surface area contributed by atoms with Crippen molar-refractivity contribution in [3.8, 4) is 0 Å². The molecule has 0 rings (SSSR count). The molecule has 0 aromatic carbocycles. The van der Waals surface area contributed by atoms with E-state index in [1.807, 2.05) is 0 Å². The van der Waals surface area contributed by atoms with E-state index in [0.717, 1.165) is 0 Å². The van der Waals surface area contributed by atoms with Gasteiger partial charge in [0.2, 0.25) is 0 Å². The summed E-state index contributed by atoms with van der Waals surface area (Å²) >= 11 is -6.06. The van der Waals surface area contributed by atoms with Crippen LogP contribution in [0.3, 0.4) is 0 Å². The van der Waals surface area contributed by atoms with Crippen molar-refractivity contribution in [3.05, 3.63) is 0 Å². The molecule has 0 aromatic rings. The van der Waals surface area contributed by atoms with Gasteiger partial charge in [0.15, 0.2) is 0 Å². The Bertz CT molecular complexity index is 181. The molecule has 0 aliphatic rings. The summed E-state index contributed by atoms with van der Waals surface area (Å²) in [5, 5.41) is 0. The molecule has 0 saturated heterocycles. The molecular formula is O3S3W2. The quantitative estimate of drug-likeness (QED) is 0.492. The van der Waals surface area contributed by atoms with E-state index in [9.17, 15) is 0 Å². The minimum atomic E-state index is -4.28. The van der Waals surface area contributed by atoms with Gasteiger partial charge in [0.05, 0.1) is 0 Å². The summed E-state index contributed by atoms with van der Waals surface area (Å²) in [6.07, 6.45) is 0. The third-order valence-corrected chi connectivity index (χ3v) is 0. The molecule has 0 bridgehead atoms. The van der Waals surface area contributed by atoms with Crippen LogP contribution in [0.4, 0.5) is 0 Å². The molecule has 0 spiro atoms. The normalized spacial score (nSPS) is 6.00. The number of hydrogen-bond donors (Lipinski definition) is 0. The summed E-state index contributed by atoms with van der Waals surface area (Å²) in [6.45, 7) is 0. The van der Waals surface area contributed by atoms with Gasteiger partial charge in [0, 0.05) is 0 Å². The fourth-order valence-electron chi connectivity index (χ4n) is 0. The summed E-state index contributed by atoms with van der Waals surface area (Å²) < 4.78 is 25.8. The Morgan fingerprint density at radius 2 is 0.875 bits per heavy atom. The fraction of sp³-hybridized carbons (Fsp3) is 0. The van der Waals surface area contributed by atoms with Gasteiger partial charge in [-0.3, -0.25) is 0 Å².